The van der Waals surface area contributed by atoms with Crippen molar-refractivity contribution >= 4 is 17.6 Å². The van der Waals surface area contributed by atoms with Gasteiger partial charge in [-0.3, -0.25) is 0 Å². The summed E-state index contributed by atoms with van der Waals surface area (Å²) in [4.78, 5) is 15.1. The van der Waals surface area contributed by atoms with Crippen LogP contribution in [0.2, 0.25) is 5.15 Å². The van der Waals surface area contributed by atoms with Gasteiger partial charge in [0.2, 0.25) is 0 Å². The van der Waals surface area contributed by atoms with Crippen LogP contribution in [-0.2, 0) is 9.53 Å². The van der Waals surface area contributed by atoms with Crippen LogP contribution in [0, 0.1) is 0 Å². The highest BCUT2D eigenvalue weighted by Crippen LogP contribution is 2.12. The predicted molar refractivity (Wildman–Crippen MR) is 52.8 cm³/mol. The lowest BCUT2D eigenvalue weighted by molar-refractivity contribution is -0.144. The van der Waals surface area contributed by atoms with Gasteiger partial charge in [0.25, 0.3) is 0 Å². The number of carbonyl (C=O) groups excluding carboxylic acids is 1. The SMILES string of the molecule is CCOC(=O)C(N)c1cccc(Cl)n1. The summed E-state index contributed by atoms with van der Waals surface area (Å²) in [6.45, 7) is 2.02. The van der Waals surface area contributed by atoms with E-state index in [1.54, 1.807) is 25.1 Å². The molecule has 0 radical (unpaired) electrons. The highest BCUT2D eigenvalue weighted by atomic mass is 35.5. The fraction of sp³-hybridized carbons (Fsp3) is 0.333. The van der Waals surface area contributed by atoms with Crippen molar-refractivity contribution in [2.24, 2.45) is 5.73 Å². The van der Waals surface area contributed by atoms with Crippen LogP contribution < -0.4 is 5.73 Å². The molecule has 1 aromatic rings. The minimum absolute atomic E-state index is 0.299. The number of pyridine rings is 1. The van der Waals surface area contributed by atoms with E-state index in [9.17, 15) is 4.79 Å². The molecular formula is C9H11ClN2O2. The Labute approximate surface area is 87.0 Å². The van der Waals surface area contributed by atoms with Gasteiger partial charge in [-0.05, 0) is 19.1 Å². The number of nitrogens with two attached hydrogens (primary N) is 1. The van der Waals surface area contributed by atoms with Gasteiger partial charge in [0.15, 0.2) is 0 Å². The topological polar surface area (TPSA) is 65.2 Å². The Hall–Kier alpha value is -1.13. The van der Waals surface area contributed by atoms with Crippen molar-refractivity contribution in [3.05, 3.63) is 29.0 Å². The second-order valence-electron chi connectivity index (χ2n) is 2.61. The minimum atomic E-state index is -0.867. The summed E-state index contributed by atoms with van der Waals surface area (Å²) in [5.74, 6) is -0.498. The molecule has 0 aliphatic rings. The maximum Gasteiger partial charge on any atom is 0.329 e. The van der Waals surface area contributed by atoms with Crippen molar-refractivity contribution < 1.29 is 9.53 Å². The van der Waals surface area contributed by atoms with Crippen LogP contribution >= 0.6 is 11.6 Å². The van der Waals surface area contributed by atoms with Gasteiger partial charge in [-0.25, -0.2) is 9.78 Å². The van der Waals surface area contributed by atoms with Crippen molar-refractivity contribution in [1.29, 1.82) is 0 Å². The van der Waals surface area contributed by atoms with E-state index >= 15 is 0 Å². The maximum atomic E-state index is 11.2. The van der Waals surface area contributed by atoms with Crippen LogP contribution in [-0.4, -0.2) is 17.6 Å². The zero-order valence-electron chi connectivity index (χ0n) is 7.74. The number of esters is 1. The van der Waals surface area contributed by atoms with E-state index in [1.165, 1.54) is 0 Å². The van der Waals surface area contributed by atoms with Crippen molar-refractivity contribution in [3.8, 4) is 0 Å². The lowest BCUT2D eigenvalue weighted by Crippen LogP contribution is -2.24. The molecule has 4 nitrogen and oxygen atoms in total. The van der Waals surface area contributed by atoms with Gasteiger partial charge >= 0.3 is 5.97 Å². The lowest BCUT2D eigenvalue weighted by atomic mass is 10.2. The number of carbonyl (C=O) groups is 1. The Morgan fingerprint density at radius 1 is 1.71 bits per heavy atom. The van der Waals surface area contributed by atoms with E-state index < -0.39 is 12.0 Å². The fourth-order valence-corrected chi connectivity index (χ4v) is 1.12. The molecule has 2 N–H and O–H groups in total. The number of halogens is 1. The molecule has 0 fully saturated rings. The molecule has 1 aromatic heterocycles. The van der Waals surface area contributed by atoms with Crippen LogP contribution in [0.4, 0.5) is 0 Å². The molecule has 0 aromatic carbocycles. The first-order chi connectivity index (χ1) is 6.65. The van der Waals surface area contributed by atoms with Gasteiger partial charge in [-0.2, -0.15) is 0 Å². The van der Waals surface area contributed by atoms with E-state index in [0.717, 1.165) is 0 Å². The Bertz CT molecular complexity index is 330. The highest BCUT2D eigenvalue weighted by Gasteiger charge is 2.18. The number of aromatic nitrogens is 1. The standard InChI is InChI=1S/C9H11ClN2O2/c1-2-14-9(13)8(11)6-4-3-5-7(10)12-6/h3-5,8H,2,11H2,1H3. The summed E-state index contributed by atoms with van der Waals surface area (Å²) in [6.07, 6.45) is 0. The van der Waals surface area contributed by atoms with E-state index in [-0.39, 0.29) is 0 Å². The van der Waals surface area contributed by atoms with Crippen molar-refractivity contribution in [1.82, 2.24) is 4.98 Å². The lowest BCUT2D eigenvalue weighted by Gasteiger charge is -2.09. The third-order valence-electron chi connectivity index (χ3n) is 1.60. The first-order valence-electron chi connectivity index (χ1n) is 4.19. The second kappa shape index (κ2) is 4.93. The molecule has 1 unspecified atom stereocenters. The van der Waals surface area contributed by atoms with Crippen LogP contribution in [0.15, 0.2) is 18.2 Å². The van der Waals surface area contributed by atoms with Crippen LogP contribution in [0.25, 0.3) is 0 Å². The molecule has 1 heterocycles. The molecular weight excluding hydrogens is 204 g/mol. The zero-order chi connectivity index (χ0) is 10.6. The third kappa shape index (κ3) is 2.68. The highest BCUT2D eigenvalue weighted by molar-refractivity contribution is 6.29. The maximum absolute atomic E-state index is 11.2. The summed E-state index contributed by atoms with van der Waals surface area (Å²) in [6, 6.07) is 4.06. The molecule has 0 saturated carbocycles. The van der Waals surface area contributed by atoms with Crippen LogP contribution in [0.5, 0.6) is 0 Å². The summed E-state index contributed by atoms with van der Waals surface area (Å²) in [5, 5.41) is 0.308. The number of rotatable bonds is 3. The van der Waals surface area contributed by atoms with Crippen LogP contribution in [0.1, 0.15) is 18.7 Å². The van der Waals surface area contributed by atoms with E-state index in [2.05, 4.69) is 4.98 Å². The van der Waals surface area contributed by atoms with Crippen molar-refractivity contribution in [2.75, 3.05) is 6.61 Å². The number of nitrogens with zero attached hydrogens (tertiary/aromatic N) is 1. The summed E-state index contributed by atoms with van der Waals surface area (Å²) < 4.78 is 4.75. The minimum Gasteiger partial charge on any atom is -0.465 e. The second-order valence-corrected chi connectivity index (χ2v) is 3.00. The quantitative estimate of drug-likeness (QED) is 0.609. The van der Waals surface area contributed by atoms with Gasteiger partial charge in [0.1, 0.15) is 11.2 Å². The van der Waals surface area contributed by atoms with E-state index in [4.69, 9.17) is 22.1 Å². The largest absolute Gasteiger partial charge is 0.465 e. The molecule has 0 amide bonds. The first kappa shape index (κ1) is 10.9. The average molecular weight is 215 g/mol. The Balaban J connectivity index is 2.78. The number of ether oxygens (including phenoxy) is 1. The summed E-state index contributed by atoms with van der Waals surface area (Å²) in [7, 11) is 0. The Kier molecular flexibility index (Phi) is 3.85. The fourth-order valence-electron chi connectivity index (χ4n) is 0.950. The van der Waals surface area contributed by atoms with Crippen molar-refractivity contribution in [3.63, 3.8) is 0 Å². The molecule has 0 aliphatic carbocycles. The number of hydrogen-bond donors (Lipinski definition) is 1. The predicted octanol–water partition coefficient (Wildman–Crippen LogP) is 1.30. The van der Waals surface area contributed by atoms with Gasteiger partial charge in [-0.15, -0.1) is 0 Å². The molecule has 1 rings (SSSR count). The molecule has 0 spiro atoms. The molecule has 1 atom stereocenters. The number of hydrogen-bond acceptors (Lipinski definition) is 4. The van der Waals surface area contributed by atoms with E-state index in [0.29, 0.717) is 17.5 Å². The van der Waals surface area contributed by atoms with E-state index in [1.807, 2.05) is 0 Å². The summed E-state index contributed by atoms with van der Waals surface area (Å²) >= 11 is 5.65. The Morgan fingerprint density at radius 2 is 2.43 bits per heavy atom. The molecule has 14 heavy (non-hydrogen) atoms. The van der Waals surface area contributed by atoms with Gasteiger partial charge in [-0.1, -0.05) is 17.7 Å². The normalized spacial score (nSPS) is 12.2. The van der Waals surface area contributed by atoms with Crippen LogP contribution in [0.3, 0.4) is 0 Å². The molecule has 5 heteroatoms. The molecule has 76 valence electrons. The molecule has 0 aliphatic heterocycles. The van der Waals surface area contributed by atoms with Gasteiger partial charge < -0.3 is 10.5 Å². The average Bonchev–Trinajstić information content (AvgIpc) is 2.17. The molecule has 0 saturated heterocycles. The third-order valence-corrected chi connectivity index (χ3v) is 1.81. The summed E-state index contributed by atoms with van der Waals surface area (Å²) in [5.41, 5.74) is 6.01. The van der Waals surface area contributed by atoms with Gasteiger partial charge in [0.05, 0.1) is 12.3 Å². The Morgan fingerprint density at radius 3 is 3.00 bits per heavy atom. The monoisotopic (exact) mass is 214 g/mol. The van der Waals surface area contributed by atoms with Gasteiger partial charge in [0, 0.05) is 0 Å². The first-order valence-corrected chi connectivity index (χ1v) is 4.57. The smallest absolute Gasteiger partial charge is 0.329 e. The van der Waals surface area contributed by atoms with Crippen molar-refractivity contribution in [2.45, 2.75) is 13.0 Å². The molecule has 0 bridgehead atoms. The zero-order valence-corrected chi connectivity index (χ0v) is 8.49.